The molecule has 3 unspecified atom stereocenters. The lowest BCUT2D eigenvalue weighted by atomic mass is 10.1. The summed E-state index contributed by atoms with van der Waals surface area (Å²) < 4.78 is 15.3. The van der Waals surface area contributed by atoms with Crippen LogP contribution in [-0.2, 0) is 14.3 Å². The molecule has 0 saturated carbocycles. The maximum absolute atomic E-state index is 12.2. The highest BCUT2D eigenvalue weighted by atomic mass is 35.5. The summed E-state index contributed by atoms with van der Waals surface area (Å²) in [5.41, 5.74) is -1.39. The minimum absolute atomic E-state index is 0.379. The number of ether oxygens (including phenoxy) is 3. The molecule has 22 heavy (non-hydrogen) atoms. The van der Waals surface area contributed by atoms with E-state index in [1.165, 1.54) is 14.2 Å². The van der Waals surface area contributed by atoms with Crippen molar-refractivity contribution in [1.82, 2.24) is 0 Å². The number of esters is 1. The minimum Gasteiger partial charge on any atom is -0.425 e. The largest absolute Gasteiger partial charge is 0.425 e. The molecular weight excluding hydrogens is 308 g/mol. The van der Waals surface area contributed by atoms with Gasteiger partial charge in [0, 0.05) is 14.2 Å². The number of fused-ring (bicyclic) bond motifs is 1. The number of hydrogen-bond donors (Lipinski definition) is 1. The van der Waals surface area contributed by atoms with Crippen molar-refractivity contribution < 1.29 is 24.1 Å². The van der Waals surface area contributed by atoms with E-state index in [1.807, 2.05) is 30.3 Å². The molecule has 118 valence electrons. The number of alkyl halides is 1. The van der Waals surface area contributed by atoms with Crippen molar-refractivity contribution in [2.75, 3.05) is 14.2 Å². The Morgan fingerprint density at radius 2 is 1.77 bits per heavy atom. The summed E-state index contributed by atoms with van der Waals surface area (Å²) in [6, 6.07) is 13.0. The molecule has 0 aliphatic heterocycles. The Hall–Kier alpha value is -1.66. The lowest BCUT2D eigenvalue weighted by Gasteiger charge is -2.24. The topological polar surface area (TPSA) is 65.0 Å². The quantitative estimate of drug-likeness (QED) is 0.502. The number of halogens is 1. The van der Waals surface area contributed by atoms with Crippen LogP contribution >= 0.6 is 11.6 Å². The third-order valence-corrected chi connectivity index (χ3v) is 3.52. The summed E-state index contributed by atoms with van der Waals surface area (Å²) in [7, 11) is 2.64. The Morgan fingerprint density at radius 3 is 2.36 bits per heavy atom. The highest BCUT2D eigenvalue weighted by molar-refractivity contribution is 6.20. The molecule has 1 N–H and O–H groups in total. The Bertz CT molecular complexity index is 643. The molecular formula is C16H17ClO5. The molecule has 0 spiro atoms. The lowest BCUT2D eigenvalue weighted by Crippen LogP contribution is -2.44. The van der Waals surface area contributed by atoms with E-state index in [0.29, 0.717) is 5.75 Å². The van der Waals surface area contributed by atoms with E-state index < -0.39 is 23.7 Å². The first kappa shape index (κ1) is 16.7. The SMILES string of the molecule is COC(C(=O)Oc1ccc2ccccc2c1)C(OC)C(O)Cl. The van der Waals surface area contributed by atoms with Gasteiger partial charge >= 0.3 is 5.97 Å². The summed E-state index contributed by atoms with van der Waals surface area (Å²) in [6.07, 6.45) is -2.16. The summed E-state index contributed by atoms with van der Waals surface area (Å²) in [5, 5.41) is 11.4. The van der Waals surface area contributed by atoms with Crippen LogP contribution in [0.2, 0.25) is 0 Å². The molecule has 0 amide bonds. The number of aliphatic hydroxyl groups excluding tert-OH is 1. The van der Waals surface area contributed by atoms with Gasteiger partial charge in [0.15, 0.2) is 11.7 Å². The third kappa shape index (κ3) is 3.75. The summed E-state index contributed by atoms with van der Waals surface area (Å²) in [5.74, 6) is -0.311. The Kier molecular flexibility index (Phi) is 5.74. The van der Waals surface area contributed by atoms with Gasteiger partial charge in [-0.25, -0.2) is 4.79 Å². The molecule has 0 bridgehead atoms. The molecule has 0 aromatic heterocycles. The summed E-state index contributed by atoms with van der Waals surface area (Å²) >= 11 is 5.59. The maximum atomic E-state index is 12.2. The van der Waals surface area contributed by atoms with Crippen molar-refractivity contribution in [1.29, 1.82) is 0 Å². The fourth-order valence-electron chi connectivity index (χ4n) is 2.15. The van der Waals surface area contributed by atoms with Gasteiger partial charge in [0.1, 0.15) is 11.9 Å². The van der Waals surface area contributed by atoms with Gasteiger partial charge in [0.25, 0.3) is 0 Å². The van der Waals surface area contributed by atoms with Crippen LogP contribution < -0.4 is 4.74 Å². The molecule has 2 aromatic rings. The van der Waals surface area contributed by atoms with Crippen LogP contribution in [0.3, 0.4) is 0 Å². The maximum Gasteiger partial charge on any atom is 0.343 e. The molecule has 0 fully saturated rings. The normalized spacial score (nSPS) is 15.3. The van der Waals surface area contributed by atoms with Crippen LogP contribution in [0, 0.1) is 0 Å². The number of carbonyl (C=O) groups is 1. The minimum atomic E-state index is -1.39. The van der Waals surface area contributed by atoms with Crippen LogP contribution in [0.4, 0.5) is 0 Å². The number of methoxy groups -OCH3 is 2. The van der Waals surface area contributed by atoms with Gasteiger partial charge in [0.2, 0.25) is 0 Å². The van der Waals surface area contributed by atoms with Gasteiger partial charge in [-0.1, -0.05) is 41.9 Å². The van der Waals surface area contributed by atoms with Crippen molar-refractivity contribution in [3.8, 4) is 5.75 Å². The van der Waals surface area contributed by atoms with Crippen molar-refractivity contribution in [3.05, 3.63) is 42.5 Å². The van der Waals surface area contributed by atoms with Crippen LogP contribution in [0.15, 0.2) is 42.5 Å². The van der Waals surface area contributed by atoms with E-state index >= 15 is 0 Å². The van der Waals surface area contributed by atoms with Crippen LogP contribution in [0.25, 0.3) is 10.8 Å². The van der Waals surface area contributed by atoms with Crippen molar-refractivity contribution >= 4 is 28.3 Å². The smallest absolute Gasteiger partial charge is 0.343 e. The van der Waals surface area contributed by atoms with Crippen molar-refractivity contribution in [3.63, 3.8) is 0 Å². The van der Waals surface area contributed by atoms with E-state index in [2.05, 4.69) is 0 Å². The van der Waals surface area contributed by atoms with Gasteiger partial charge in [-0.15, -0.1) is 0 Å². The standard InChI is InChI=1S/C16H17ClO5/c1-20-13(15(17)18)14(21-2)16(19)22-12-8-7-10-5-3-4-6-11(10)9-12/h3-9,13-15,18H,1-2H3. The molecule has 5 nitrogen and oxygen atoms in total. The van der Waals surface area contributed by atoms with Gasteiger partial charge < -0.3 is 19.3 Å². The van der Waals surface area contributed by atoms with E-state index in [1.54, 1.807) is 12.1 Å². The predicted molar refractivity (Wildman–Crippen MR) is 83.0 cm³/mol. The number of benzene rings is 2. The second-order valence-corrected chi connectivity index (χ2v) is 5.11. The second-order valence-electron chi connectivity index (χ2n) is 4.66. The molecule has 3 atom stereocenters. The third-order valence-electron chi connectivity index (χ3n) is 3.27. The first-order valence-corrected chi connectivity index (χ1v) is 7.08. The van der Waals surface area contributed by atoms with E-state index in [4.69, 9.17) is 25.8 Å². The number of aliphatic hydroxyl groups is 1. The van der Waals surface area contributed by atoms with E-state index in [0.717, 1.165) is 10.8 Å². The molecule has 0 heterocycles. The Morgan fingerprint density at radius 1 is 1.09 bits per heavy atom. The summed E-state index contributed by atoms with van der Waals surface area (Å²) in [4.78, 5) is 12.2. The van der Waals surface area contributed by atoms with E-state index in [-0.39, 0.29) is 0 Å². The van der Waals surface area contributed by atoms with Gasteiger partial charge in [0.05, 0.1) is 0 Å². The molecule has 0 radical (unpaired) electrons. The molecule has 6 heteroatoms. The molecule has 2 aromatic carbocycles. The zero-order chi connectivity index (χ0) is 16.1. The summed E-state index contributed by atoms with van der Waals surface area (Å²) in [6.45, 7) is 0. The Balaban J connectivity index is 2.17. The fraction of sp³-hybridized carbons (Fsp3) is 0.312. The molecule has 0 saturated heterocycles. The fourth-order valence-corrected chi connectivity index (χ4v) is 2.38. The zero-order valence-corrected chi connectivity index (χ0v) is 13.0. The highest BCUT2D eigenvalue weighted by Gasteiger charge is 2.34. The first-order valence-electron chi connectivity index (χ1n) is 6.65. The molecule has 0 aliphatic rings. The van der Waals surface area contributed by atoms with Crippen LogP contribution in [-0.4, -0.2) is 43.1 Å². The van der Waals surface area contributed by atoms with Gasteiger partial charge in [-0.2, -0.15) is 0 Å². The first-order chi connectivity index (χ1) is 10.6. The average molecular weight is 325 g/mol. The van der Waals surface area contributed by atoms with E-state index in [9.17, 15) is 9.90 Å². The van der Waals surface area contributed by atoms with Crippen molar-refractivity contribution in [2.45, 2.75) is 17.8 Å². The Labute approximate surface area is 133 Å². The van der Waals surface area contributed by atoms with Crippen molar-refractivity contribution in [2.24, 2.45) is 0 Å². The van der Waals surface area contributed by atoms with Crippen LogP contribution in [0.5, 0.6) is 5.75 Å². The molecule has 2 rings (SSSR count). The van der Waals surface area contributed by atoms with Gasteiger partial charge in [-0.05, 0) is 22.9 Å². The number of rotatable bonds is 6. The second kappa shape index (κ2) is 7.56. The number of carbonyl (C=O) groups excluding carboxylic acids is 1. The highest BCUT2D eigenvalue weighted by Crippen LogP contribution is 2.22. The monoisotopic (exact) mass is 324 g/mol. The molecule has 0 aliphatic carbocycles. The number of hydrogen-bond acceptors (Lipinski definition) is 5. The zero-order valence-electron chi connectivity index (χ0n) is 12.2. The lowest BCUT2D eigenvalue weighted by molar-refractivity contribution is -0.158. The van der Waals surface area contributed by atoms with Crippen LogP contribution in [0.1, 0.15) is 0 Å². The van der Waals surface area contributed by atoms with Gasteiger partial charge in [-0.3, -0.25) is 0 Å². The average Bonchev–Trinajstić information content (AvgIpc) is 2.51. The predicted octanol–water partition coefficient (Wildman–Crippen LogP) is 2.33.